The zero-order chi connectivity index (χ0) is 23.1. The van der Waals surface area contributed by atoms with Crippen molar-refractivity contribution >= 4 is 29.3 Å². The van der Waals surface area contributed by atoms with Gasteiger partial charge in [-0.05, 0) is 56.2 Å². The van der Waals surface area contributed by atoms with Crippen LogP contribution < -0.4 is 10.1 Å². The van der Waals surface area contributed by atoms with Crippen LogP contribution in [0.15, 0.2) is 47.6 Å². The second-order valence-electron chi connectivity index (χ2n) is 7.06. The highest BCUT2D eigenvalue weighted by Gasteiger charge is 2.15. The Morgan fingerprint density at radius 1 is 1.06 bits per heavy atom. The van der Waals surface area contributed by atoms with Crippen molar-refractivity contribution in [2.45, 2.75) is 39.1 Å². The number of benzene rings is 2. The molecule has 0 radical (unpaired) electrons. The molecule has 1 amide bonds. The zero-order valence-corrected chi connectivity index (χ0v) is 19.4. The number of hydrogen-bond donors (Lipinski definition) is 1. The van der Waals surface area contributed by atoms with Crippen LogP contribution in [0, 0.1) is 13.8 Å². The summed E-state index contributed by atoms with van der Waals surface area (Å²) in [6, 6.07) is 12.5. The average Bonchev–Trinajstić information content (AvgIpc) is 3.19. The predicted octanol–water partition coefficient (Wildman–Crippen LogP) is 4.01. The number of thioether (sulfide) groups is 1. The number of carbonyl (C=O) groups excluding carboxylic acids is 2. The molecule has 168 valence electrons. The molecule has 1 aromatic heterocycles. The van der Waals surface area contributed by atoms with Crippen molar-refractivity contribution in [2.24, 2.45) is 0 Å². The molecule has 0 atom stereocenters. The number of carbonyl (C=O) groups is 2. The van der Waals surface area contributed by atoms with Gasteiger partial charge in [0.2, 0.25) is 5.91 Å². The summed E-state index contributed by atoms with van der Waals surface area (Å²) in [6.45, 7) is 6.98. The molecule has 0 aliphatic carbocycles. The molecule has 0 spiro atoms. The third-order valence-electron chi connectivity index (χ3n) is 4.79. The second-order valence-corrected chi connectivity index (χ2v) is 8.00. The van der Waals surface area contributed by atoms with Gasteiger partial charge in [-0.1, -0.05) is 30.0 Å². The maximum atomic E-state index is 12.3. The molecule has 2 aromatic carbocycles. The molecule has 0 aliphatic rings. The lowest BCUT2D eigenvalue weighted by Gasteiger charge is -2.12. The summed E-state index contributed by atoms with van der Waals surface area (Å²) in [5, 5.41) is 11.9. The Labute approximate surface area is 191 Å². The zero-order valence-electron chi connectivity index (χ0n) is 18.5. The lowest BCUT2D eigenvalue weighted by molar-refractivity contribution is -0.113. The first kappa shape index (κ1) is 23.3. The predicted molar refractivity (Wildman–Crippen MR) is 123 cm³/mol. The maximum absolute atomic E-state index is 12.3. The molecule has 0 aliphatic heterocycles. The van der Waals surface area contributed by atoms with Crippen molar-refractivity contribution < 1.29 is 19.1 Å². The molecule has 0 fully saturated rings. The smallest absolute Gasteiger partial charge is 0.337 e. The van der Waals surface area contributed by atoms with Crippen LogP contribution in [-0.2, 0) is 22.7 Å². The minimum Gasteiger partial charge on any atom is -0.485 e. The summed E-state index contributed by atoms with van der Waals surface area (Å²) in [5.74, 6) is 1.13. The monoisotopic (exact) mass is 454 g/mol. The summed E-state index contributed by atoms with van der Waals surface area (Å²) in [7, 11) is 1.32. The Bertz CT molecular complexity index is 1080. The lowest BCUT2D eigenvalue weighted by atomic mass is 10.1. The molecule has 9 heteroatoms. The Kier molecular flexibility index (Phi) is 7.88. The van der Waals surface area contributed by atoms with Crippen LogP contribution in [0.25, 0.3) is 0 Å². The highest BCUT2D eigenvalue weighted by Crippen LogP contribution is 2.24. The van der Waals surface area contributed by atoms with Gasteiger partial charge < -0.3 is 19.4 Å². The van der Waals surface area contributed by atoms with E-state index in [9.17, 15) is 9.59 Å². The van der Waals surface area contributed by atoms with Gasteiger partial charge in [-0.15, -0.1) is 10.2 Å². The average molecular weight is 455 g/mol. The van der Waals surface area contributed by atoms with Crippen LogP contribution in [0.1, 0.15) is 34.2 Å². The third-order valence-corrected chi connectivity index (χ3v) is 5.75. The second kappa shape index (κ2) is 10.8. The first-order valence-electron chi connectivity index (χ1n) is 10.1. The van der Waals surface area contributed by atoms with Crippen molar-refractivity contribution in [1.82, 2.24) is 14.8 Å². The highest BCUT2D eigenvalue weighted by atomic mass is 32.2. The number of methoxy groups -OCH3 is 1. The van der Waals surface area contributed by atoms with Gasteiger partial charge in [0.1, 0.15) is 12.4 Å². The number of hydrogen-bond acceptors (Lipinski definition) is 7. The highest BCUT2D eigenvalue weighted by molar-refractivity contribution is 7.99. The van der Waals surface area contributed by atoms with Crippen molar-refractivity contribution in [3.63, 3.8) is 0 Å². The van der Waals surface area contributed by atoms with Crippen molar-refractivity contribution in [3.05, 3.63) is 65.0 Å². The summed E-state index contributed by atoms with van der Waals surface area (Å²) in [6.07, 6.45) is 0. The fourth-order valence-electron chi connectivity index (χ4n) is 3.15. The van der Waals surface area contributed by atoms with E-state index in [2.05, 4.69) is 20.3 Å². The molecule has 0 saturated carbocycles. The van der Waals surface area contributed by atoms with Gasteiger partial charge in [-0.2, -0.15) is 0 Å². The Morgan fingerprint density at radius 3 is 2.38 bits per heavy atom. The fraction of sp³-hybridized carbons (Fsp3) is 0.304. The summed E-state index contributed by atoms with van der Waals surface area (Å²) < 4.78 is 12.6. The minimum atomic E-state index is -0.422. The van der Waals surface area contributed by atoms with Crippen LogP contribution in [-0.4, -0.2) is 39.5 Å². The van der Waals surface area contributed by atoms with E-state index in [4.69, 9.17) is 4.74 Å². The molecule has 0 unspecified atom stereocenters. The van der Waals surface area contributed by atoms with Crippen LogP contribution in [0.3, 0.4) is 0 Å². The molecular formula is C23H26N4O4S. The Hall–Kier alpha value is -3.33. The number of esters is 1. The number of aromatic nitrogens is 3. The largest absolute Gasteiger partial charge is 0.485 e. The minimum absolute atomic E-state index is 0.175. The maximum Gasteiger partial charge on any atom is 0.337 e. The molecule has 8 nitrogen and oxygen atoms in total. The normalized spacial score (nSPS) is 10.6. The van der Waals surface area contributed by atoms with Gasteiger partial charge >= 0.3 is 5.97 Å². The standard InChI is InChI=1S/C23H26N4O4S/c1-5-27-19(13-31-21-15(2)7-6-8-16(21)3)25-26-23(27)32-14-20(28)24-18-11-9-17(10-12-18)22(29)30-4/h6-12H,5,13-14H2,1-4H3,(H,24,28). The molecule has 1 heterocycles. The van der Waals surface area contributed by atoms with Gasteiger partial charge in [0, 0.05) is 12.2 Å². The number of para-hydroxylation sites is 1. The van der Waals surface area contributed by atoms with Gasteiger partial charge in [0.25, 0.3) is 0 Å². The number of ether oxygens (including phenoxy) is 2. The molecule has 0 bridgehead atoms. The fourth-order valence-corrected chi connectivity index (χ4v) is 3.97. The van der Waals surface area contributed by atoms with E-state index >= 15 is 0 Å². The number of rotatable bonds is 9. The van der Waals surface area contributed by atoms with E-state index in [-0.39, 0.29) is 11.7 Å². The summed E-state index contributed by atoms with van der Waals surface area (Å²) in [5.41, 5.74) is 3.16. The third kappa shape index (κ3) is 5.67. The van der Waals surface area contributed by atoms with Gasteiger partial charge in [0.15, 0.2) is 11.0 Å². The molecule has 1 N–H and O–H groups in total. The van der Waals surface area contributed by atoms with E-state index in [0.29, 0.717) is 35.4 Å². The van der Waals surface area contributed by atoms with Crippen LogP contribution >= 0.6 is 11.8 Å². The number of nitrogens with zero attached hydrogens (tertiary/aromatic N) is 3. The van der Waals surface area contributed by atoms with Crippen LogP contribution in [0.2, 0.25) is 0 Å². The Balaban J connectivity index is 1.57. The number of aryl methyl sites for hydroxylation is 2. The topological polar surface area (TPSA) is 95.3 Å². The molecule has 32 heavy (non-hydrogen) atoms. The van der Waals surface area contributed by atoms with Crippen LogP contribution in [0.4, 0.5) is 5.69 Å². The molecule has 0 saturated heterocycles. The molecular weight excluding hydrogens is 428 g/mol. The van der Waals surface area contributed by atoms with Crippen LogP contribution in [0.5, 0.6) is 5.75 Å². The van der Waals surface area contributed by atoms with Gasteiger partial charge in [-0.3, -0.25) is 4.79 Å². The number of amides is 1. The summed E-state index contributed by atoms with van der Waals surface area (Å²) >= 11 is 1.31. The number of anilines is 1. The van der Waals surface area contributed by atoms with E-state index in [1.54, 1.807) is 24.3 Å². The first-order valence-corrected chi connectivity index (χ1v) is 11.1. The quantitative estimate of drug-likeness (QED) is 0.385. The Morgan fingerprint density at radius 2 is 1.75 bits per heavy atom. The first-order chi connectivity index (χ1) is 15.4. The molecule has 3 rings (SSSR count). The van der Waals surface area contributed by atoms with E-state index in [1.807, 2.05) is 43.5 Å². The van der Waals surface area contributed by atoms with E-state index in [1.165, 1.54) is 18.9 Å². The lowest BCUT2D eigenvalue weighted by Crippen LogP contribution is -2.15. The van der Waals surface area contributed by atoms with Crippen molar-refractivity contribution in [1.29, 1.82) is 0 Å². The van der Waals surface area contributed by atoms with Gasteiger partial charge in [-0.25, -0.2) is 4.79 Å². The number of nitrogens with one attached hydrogen (secondary N) is 1. The SMILES string of the molecule is CCn1c(COc2c(C)cccc2C)nnc1SCC(=O)Nc1ccc(C(=O)OC)cc1. The van der Waals surface area contributed by atoms with Crippen molar-refractivity contribution in [2.75, 3.05) is 18.2 Å². The van der Waals surface area contributed by atoms with E-state index < -0.39 is 5.97 Å². The van der Waals surface area contributed by atoms with Gasteiger partial charge in [0.05, 0.1) is 18.4 Å². The molecule has 3 aromatic rings. The van der Waals surface area contributed by atoms with Crippen molar-refractivity contribution in [3.8, 4) is 5.75 Å². The van der Waals surface area contributed by atoms with E-state index in [0.717, 1.165) is 16.9 Å². The summed E-state index contributed by atoms with van der Waals surface area (Å²) in [4.78, 5) is 23.8.